The minimum Gasteiger partial charge on any atom is -0.468 e. The smallest absolute Gasteiger partial charge is 0.319 e. The van der Waals surface area contributed by atoms with E-state index in [4.69, 9.17) is 14.2 Å². The summed E-state index contributed by atoms with van der Waals surface area (Å²) in [5.41, 5.74) is -0.720. The van der Waals surface area contributed by atoms with Crippen LogP contribution >= 0.6 is 0 Å². The lowest BCUT2D eigenvalue weighted by Crippen LogP contribution is -2.33. The van der Waals surface area contributed by atoms with Gasteiger partial charge in [-0.15, -0.1) is 0 Å². The van der Waals surface area contributed by atoms with Gasteiger partial charge in [-0.25, -0.2) is 0 Å². The van der Waals surface area contributed by atoms with Crippen molar-refractivity contribution in [2.75, 3.05) is 20.3 Å². The first-order chi connectivity index (χ1) is 7.77. The fourth-order valence-corrected chi connectivity index (χ4v) is 2.04. The van der Waals surface area contributed by atoms with E-state index in [0.717, 1.165) is 6.42 Å². The van der Waals surface area contributed by atoms with Crippen LogP contribution in [-0.4, -0.2) is 32.6 Å². The van der Waals surface area contributed by atoms with E-state index in [0.29, 0.717) is 19.6 Å². The molecule has 0 unspecified atom stereocenters. The second-order valence-corrected chi connectivity index (χ2v) is 3.95. The van der Waals surface area contributed by atoms with Gasteiger partial charge in [0, 0.05) is 6.42 Å². The van der Waals surface area contributed by atoms with E-state index in [1.165, 1.54) is 7.11 Å². The summed E-state index contributed by atoms with van der Waals surface area (Å²) in [6, 6.07) is 0. The first-order valence-corrected chi connectivity index (χ1v) is 5.44. The van der Waals surface area contributed by atoms with Gasteiger partial charge in [0.2, 0.25) is 0 Å². The highest BCUT2D eigenvalue weighted by atomic mass is 16.7. The topological polar surface area (TPSA) is 44.8 Å². The zero-order valence-electron chi connectivity index (χ0n) is 9.35. The van der Waals surface area contributed by atoms with Gasteiger partial charge in [-0.3, -0.25) is 4.79 Å². The molecule has 4 heteroatoms. The van der Waals surface area contributed by atoms with Crippen LogP contribution in [0.4, 0.5) is 0 Å². The lowest BCUT2D eigenvalue weighted by Gasteiger charge is -2.28. The summed E-state index contributed by atoms with van der Waals surface area (Å²) < 4.78 is 15.6. The van der Waals surface area contributed by atoms with Gasteiger partial charge >= 0.3 is 5.97 Å². The van der Waals surface area contributed by atoms with Gasteiger partial charge in [0.05, 0.1) is 20.3 Å². The minimum absolute atomic E-state index is 0.265. The number of carbonyl (C=O) groups excluding carboxylic acids is 1. The maximum absolute atomic E-state index is 11.8. The molecule has 1 aliphatic carbocycles. The van der Waals surface area contributed by atoms with Crippen LogP contribution in [0.25, 0.3) is 0 Å². The van der Waals surface area contributed by atoms with Gasteiger partial charge in [0.15, 0.2) is 6.29 Å². The standard InChI is InChI=1S/C12H16O4/c1-14-11(13)12(5-3-2-4-6-12)9-10-15-7-8-16-10/h3-6,10H,2,7-9H2,1H3. The summed E-state index contributed by atoms with van der Waals surface area (Å²) in [5.74, 6) is -0.265. The maximum atomic E-state index is 11.8. The van der Waals surface area contributed by atoms with Crippen LogP contribution in [0.15, 0.2) is 24.3 Å². The molecule has 0 amide bonds. The molecule has 16 heavy (non-hydrogen) atoms. The minimum atomic E-state index is -0.720. The van der Waals surface area contributed by atoms with Crippen LogP contribution < -0.4 is 0 Å². The molecule has 1 aliphatic heterocycles. The molecule has 0 aromatic heterocycles. The predicted octanol–water partition coefficient (Wildman–Crippen LogP) is 1.42. The van der Waals surface area contributed by atoms with E-state index in [1.807, 2.05) is 24.3 Å². The van der Waals surface area contributed by atoms with Crippen molar-refractivity contribution in [1.82, 2.24) is 0 Å². The van der Waals surface area contributed by atoms with Crippen LogP contribution in [0.5, 0.6) is 0 Å². The Morgan fingerprint density at radius 1 is 1.38 bits per heavy atom. The molecule has 0 saturated carbocycles. The van der Waals surface area contributed by atoms with Crippen LogP contribution in [0.2, 0.25) is 0 Å². The van der Waals surface area contributed by atoms with Gasteiger partial charge < -0.3 is 14.2 Å². The molecule has 0 bridgehead atoms. The number of methoxy groups -OCH3 is 1. The number of hydrogen-bond donors (Lipinski definition) is 0. The summed E-state index contributed by atoms with van der Waals surface area (Å²) in [4.78, 5) is 11.8. The number of allylic oxidation sites excluding steroid dienone is 2. The van der Waals surface area contributed by atoms with E-state index in [-0.39, 0.29) is 12.3 Å². The Kier molecular flexibility index (Phi) is 3.41. The number of rotatable bonds is 3. The van der Waals surface area contributed by atoms with Crippen molar-refractivity contribution in [3.63, 3.8) is 0 Å². The second-order valence-electron chi connectivity index (χ2n) is 3.95. The Morgan fingerprint density at radius 3 is 2.56 bits per heavy atom. The Labute approximate surface area is 94.9 Å². The lowest BCUT2D eigenvalue weighted by atomic mass is 9.81. The van der Waals surface area contributed by atoms with Crippen molar-refractivity contribution in [2.45, 2.75) is 19.1 Å². The van der Waals surface area contributed by atoms with Crippen LogP contribution in [0.1, 0.15) is 12.8 Å². The summed E-state index contributed by atoms with van der Waals surface area (Å²) >= 11 is 0. The summed E-state index contributed by atoms with van der Waals surface area (Å²) in [6.07, 6.45) is 8.70. The van der Waals surface area contributed by atoms with Crippen molar-refractivity contribution < 1.29 is 19.0 Å². The Morgan fingerprint density at radius 2 is 2.00 bits per heavy atom. The molecule has 0 aromatic rings. The average Bonchev–Trinajstić information content (AvgIpc) is 2.82. The van der Waals surface area contributed by atoms with Crippen molar-refractivity contribution in [3.05, 3.63) is 24.3 Å². The third-order valence-electron chi connectivity index (χ3n) is 2.86. The average molecular weight is 224 g/mol. The largest absolute Gasteiger partial charge is 0.468 e. The summed E-state index contributed by atoms with van der Waals surface area (Å²) in [7, 11) is 1.40. The van der Waals surface area contributed by atoms with E-state index >= 15 is 0 Å². The molecule has 88 valence electrons. The number of carbonyl (C=O) groups is 1. The summed E-state index contributed by atoms with van der Waals surface area (Å²) in [5, 5.41) is 0. The Hall–Kier alpha value is -1.13. The van der Waals surface area contributed by atoms with Crippen LogP contribution in [0, 0.1) is 5.41 Å². The highest BCUT2D eigenvalue weighted by Gasteiger charge is 2.39. The number of esters is 1. The molecule has 2 aliphatic rings. The Balaban J connectivity index is 2.13. The highest BCUT2D eigenvalue weighted by Crippen LogP contribution is 2.34. The number of ether oxygens (including phenoxy) is 3. The molecule has 0 radical (unpaired) electrons. The molecule has 4 nitrogen and oxygen atoms in total. The highest BCUT2D eigenvalue weighted by molar-refractivity contribution is 5.81. The predicted molar refractivity (Wildman–Crippen MR) is 57.7 cm³/mol. The molecule has 1 heterocycles. The molecule has 0 N–H and O–H groups in total. The van der Waals surface area contributed by atoms with Crippen molar-refractivity contribution in [2.24, 2.45) is 5.41 Å². The zero-order chi connectivity index (χ0) is 11.4. The summed E-state index contributed by atoms with van der Waals surface area (Å²) in [6.45, 7) is 1.19. The molecule has 1 fully saturated rings. The Bertz CT molecular complexity index is 301. The molecule has 1 saturated heterocycles. The van der Waals surface area contributed by atoms with Gasteiger partial charge in [-0.1, -0.05) is 24.3 Å². The van der Waals surface area contributed by atoms with Crippen LogP contribution in [0.3, 0.4) is 0 Å². The third-order valence-corrected chi connectivity index (χ3v) is 2.86. The van der Waals surface area contributed by atoms with E-state index in [1.54, 1.807) is 0 Å². The fourth-order valence-electron chi connectivity index (χ4n) is 2.04. The SMILES string of the molecule is COC(=O)C1(CC2OCCO2)C=CCC=C1. The third kappa shape index (κ3) is 2.18. The molecule has 0 spiro atoms. The first kappa shape index (κ1) is 11.4. The van der Waals surface area contributed by atoms with E-state index in [2.05, 4.69) is 0 Å². The molecular weight excluding hydrogens is 208 g/mol. The molecule has 0 aromatic carbocycles. The van der Waals surface area contributed by atoms with Crippen molar-refractivity contribution in [3.8, 4) is 0 Å². The van der Waals surface area contributed by atoms with Gasteiger partial charge in [-0.05, 0) is 6.42 Å². The van der Waals surface area contributed by atoms with Crippen molar-refractivity contribution >= 4 is 5.97 Å². The maximum Gasteiger partial charge on any atom is 0.319 e. The van der Waals surface area contributed by atoms with Gasteiger partial charge in [-0.2, -0.15) is 0 Å². The molecule has 2 rings (SSSR count). The van der Waals surface area contributed by atoms with E-state index < -0.39 is 5.41 Å². The van der Waals surface area contributed by atoms with Gasteiger partial charge in [0.25, 0.3) is 0 Å². The van der Waals surface area contributed by atoms with Gasteiger partial charge in [0.1, 0.15) is 5.41 Å². The fraction of sp³-hybridized carbons (Fsp3) is 0.583. The monoisotopic (exact) mass is 224 g/mol. The lowest BCUT2D eigenvalue weighted by molar-refractivity contribution is -0.152. The first-order valence-electron chi connectivity index (χ1n) is 5.44. The zero-order valence-corrected chi connectivity index (χ0v) is 9.35. The van der Waals surface area contributed by atoms with Crippen molar-refractivity contribution in [1.29, 1.82) is 0 Å². The quantitative estimate of drug-likeness (QED) is 0.537. The van der Waals surface area contributed by atoms with E-state index in [9.17, 15) is 4.79 Å². The molecule has 0 atom stereocenters. The number of hydrogen-bond acceptors (Lipinski definition) is 4. The molecular formula is C12H16O4. The second kappa shape index (κ2) is 4.80. The van der Waals surface area contributed by atoms with Crippen LogP contribution in [-0.2, 0) is 19.0 Å². The normalized spacial score (nSPS) is 23.6.